The van der Waals surface area contributed by atoms with Gasteiger partial charge in [0.25, 0.3) is 4.74 Å². The van der Waals surface area contributed by atoms with E-state index in [1.807, 2.05) is 0 Å². The fourth-order valence-corrected chi connectivity index (χ4v) is 2.70. The second kappa shape index (κ2) is 3.82. The first-order chi connectivity index (χ1) is 5.66. The molecule has 1 rings (SSSR count). The predicted molar refractivity (Wildman–Crippen MR) is 49.2 cm³/mol. The van der Waals surface area contributed by atoms with Crippen LogP contribution in [0.1, 0.15) is 22.2 Å². The van der Waals surface area contributed by atoms with E-state index in [0.29, 0.717) is 6.61 Å². The van der Waals surface area contributed by atoms with Crippen molar-refractivity contribution in [1.29, 1.82) is 0 Å². The molecule has 3 nitrogen and oxygen atoms in total. The standard InChI is InChI=1S/C7H8O3S2/c1-3-10-6(8)5-4(2)11-12-7(5)9/h3H2,1-2H3. The Kier molecular flexibility index (Phi) is 2.99. The van der Waals surface area contributed by atoms with Gasteiger partial charge in [0.2, 0.25) is 0 Å². The number of carbonyl (C=O) groups excluding carboxylic acids is 1. The number of hydrogen-bond donors (Lipinski definition) is 0. The van der Waals surface area contributed by atoms with E-state index in [0.717, 1.165) is 15.2 Å². The van der Waals surface area contributed by atoms with Gasteiger partial charge in [-0.15, -0.1) is 0 Å². The number of esters is 1. The molecular weight excluding hydrogens is 196 g/mol. The third-order valence-electron chi connectivity index (χ3n) is 1.28. The summed E-state index contributed by atoms with van der Waals surface area (Å²) in [6.45, 7) is 3.76. The van der Waals surface area contributed by atoms with Crippen LogP contribution in [-0.2, 0) is 4.74 Å². The van der Waals surface area contributed by atoms with E-state index in [-0.39, 0.29) is 10.3 Å². The van der Waals surface area contributed by atoms with Gasteiger partial charge < -0.3 is 4.74 Å². The molecular formula is C7H8O3S2. The second-order valence-electron chi connectivity index (χ2n) is 2.11. The van der Waals surface area contributed by atoms with Crippen molar-refractivity contribution in [3.8, 4) is 0 Å². The van der Waals surface area contributed by atoms with Crippen molar-refractivity contribution in [2.75, 3.05) is 6.61 Å². The minimum absolute atomic E-state index is 0.198. The summed E-state index contributed by atoms with van der Waals surface area (Å²) in [6.07, 6.45) is 0. The normalized spacial score (nSPS) is 9.83. The zero-order valence-corrected chi connectivity index (χ0v) is 8.38. The molecule has 0 atom stereocenters. The maximum Gasteiger partial charge on any atom is 0.344 e. The molecule has 0 spiro atoms. The average molecular weight is 204 g/mol. The lowest BCUT2D eigenvalue weighted by atomic mass is 10.3. The molecule has 0 aliphatic rings. The highest BCUT2D eigenvalue weighted by molar-refractivity contribution is 7.68. The molecule has 0 fully saturated rings. The van der Waals surface area contributed by atoms with Crippen LogP contribution < -0.4 is 4.74 Å². The Hall–Kier alpha value is -0.680. The highest BCUT2D eigenvalue weighted by Gasteiger charge is 2.16. The van der Waals surface area contributed by atoms with Crippen LogP contribution in [0.25, 0.3) is 0 Å². The van der Waals surface area contributed by atoms with Gasteiger partial charge in [0.05, 0.1) is 6.61 Å². The Labute approximate surface area is 77.0 Å². The van der Waals surface area contributed by atoms with Crippen molar-refractivity contribution in [2.45, 2.75) is 13.8 Å². The number of aryl methyl sites for hydroxylation is 1. The van der Waals surface area contributed by atoms with E-state index in [9.17, 15) is 9.59 Å². The summed E-state index contributed by atoms with van der Waals surface area (Å²) in [6, 6.07) is 0. The Morgan fingerprint density at radius 2 is 2.17 bits per heavy atom. The molecule has 0 aliphatic carbocycles. The summed E-state index contributed by atoms with van der Waals surface area (Å²) in [5.74, 6) is -0.502. The lowest BCUT2D eigenvalue weighted by molar-refractivity contribution is 0.0525. The molecule has 0 bridgehead atoms. The number of carbonyl (C=O) groups is 1. The molecule has 0 radical (unpaired) electrons. The SMILES string of the molecule is CCOC(=O)c1c(C)ssc1=O. The van der Waals surface area contributed by atoms with Crippen LogP contribution in [0, 0.1) is 6.92 Å². The maximum absolute atomic E-state index is 11.1. The van der Waals surface area contributed by atoms with E-state index >= 15 is 0 Å². The van der Waals surface area contributed by atoms with Crippen molar-refractivity contribution in [1.82, 2.24) is 0 Å². The van der Waals surface area contributed by atoms with Crippen molar-refractivity contribution in [3.05, 3.63) is 20.0 Å². The molecule has 1 aromatic rings. The first-order valence-electron chi connectivity index (χ1n) is 3.43. The molecule has 0 saturated carbocycles. The predicted octanol–water partition coefficient (Wildman–Crippen LogP) is 1.65. The number of ether oxygens (including phenoxy) is 1. The topological polar surface area (TPSA) is 43.4 Å². The third kappa shape index (κ3) is 1.73. The maximum atomic E-state index is 11.1. The summed E-state index contributed by atoms with van der Waals surface area (Å²) in [5.41, 5.74) is 0.201. The summed E-state index contributed by atoms with van der Waals surface area (Å²) >= 11 is 0. The minimum Gasteiger partial charge on any atom is -0.462 e. The van der Waals surface area contributed by atoms with Crippen LogP contribution in [0.5, 0.6) is 0 Å². The summed E-state index contributed by atoms with van der Waals surface area (Å²) < 4.78 is 4.52. The summed E-state index contributed by atoms with van der Waals surface area (Å²) in [4.78, 5) is 23.0. The Bertz CT molecular complexity index is 337. The lowest BCUT2D eigenvalue weighted by Gasteiger charge is -1.97. The Morgan fingerprint density at radius 1 is 1.50 bits per heavy atom. The van der Waals surface area contributed by atoms with Gasteiger partial charge in [-0.2, -0.15) is 0 Å². The minimum atomic E-state index is -0.502. The van der Waals surface area contributed by atoms with Gasteiger partial charge in [0.1, 0.15) is 5.56 Å². The average Bonchev–Trinajstić information content (AvgIpc) is 2.32. The molecule has 0 aromatic carbocycles. The summed E-state index contributed by atoms with van der Waals surface area (Å²) in [5, 5.41) is 0. The molecule has 0 aliphatic heterocycles. The second-order valence-corrected chi connectivity index (χ2v) is 4.42. The zero-order chi connectivity index (χ0) is 9.14. The monoisotopic (exact) mass is 204 g/mol. The molecule has 66 valence electrons. The fourth-order valence-electron chi connectivity index (χ4n) is 0.758. The molecule has 0 N–H and O–H groups in total. The van der Waals surface area contributed by atoms with Crippen LogP contribution >= 0.6 is 20.7 Å². The van der Waals surface area contributed by atoms with Crippen LogP contribution in [0.15, 0.2) is 4.79 Å². The lowest BCUT2D eigenvalue weighted by Crippen LogP contribution is -2.13. The molecule has 1 aromatic heterocycles. The molecule has 0 amide bonds. The van der Waals surface area contributed by atoms with Gasteiger partial charge in [-0.3, -0.25) is 4.79 Å². The third-order valence-corrected chi connectivity index (χ3v) is 3.63. The Balaban J connectivity index is 3.01. The van der Waals surface area contributed by atoms with Gasteiger partial charge in [-0.1, -0.05) is 10.3 Å². The van der Waals surface area contributed by atoms with E-state index in [4.69, 9.17) is 4.74 Å². The number of rotatable bonds is 2. The smallest absolute Gasteiger partial charge is 0.344 e. The quantitative estimate of drug-likeness (QED) is 0.543. The molecule has 0 unspecified atom stereocenters. The molecule has 0 saturated heterocycles. The highest BCUT2D eigenvalue weighted by atomic mass is 32.9. The first-order valence-corrected chi connectivity index (χ1v) is 5.58. The van der Waals surface area contributed by atoms with Gasteiger partial charge in [-0.05, 0) is 24.2 Å². The van der Waals surface area contributed by atoms with Gasteiger partial charge in [0, 0.05) is 4.88 Å². The zero-order valence-electron chi connectivity index (χ0n) is 6.75. The van der Waals surface area contributed by atoms with Crippen molar-refractivity contribution in [3.63, 3.8) is 0 Å². The summed E-state index contributed by atoms with van der Waals surface area (Å²) in [7, 11) is 2.38. The van der Waals surface area contributed by atoms with E-state index in [2.05, 4.69) is 0 Å². The van der Waals surface area contributed by atoms with Crippen LogP contribution in [0.2, 0.25) is 0 Å². The van der Waals surface area contributed by atoms with Crippen LogP contribution in [-0.4, -0.2) is 12.6 Å². The Morgan fingerprint density at radius 3 is 2.58 bits per heavy atom. The van der Waals surface area contributed by atoms with E-state index < -0.39 is 5.97 Å². The first kappa shape index (κ1) is 9.41. The van der Waals surface area contributed by atoms with Gasteiger partial charge in [-0.25, -0.2) is 4.79 Å². The van der Waals surface area contributed by atoms with Crippen molar-refractivity contribution >= 4 is 26.7 Å². The molecule has 5 heteroatoms. The van der Waals surface area contributed by atoms with E-state index in [1.54, 1.807) is 13.8 Å². The molecule has 1 heterocycles. The molecule has 12 heavy (non-hydrogen) atoms. The van der Waals surface area contributed by atoms with Crippen molar-refractivity contribution < 1.29 is 9.53 Å². The fraction of sp³-hybridized carbons (Fsp3) is 0.429. The van der Waals surface area contributed by atoms with Crippen LogP contribution in [0.4, 0.5) is 0 Å². The largest absolute Gasteiger partial charge is 0.462 e. The van der Waals surface area contributed by atoms with Gasteiger partial charge in [0.15, 0.2) is 0 Å². The number of hydrogen-bond acceptors (Lipinski definition) is 5. The van der Waals surface area contributed by atoms with Crippen LogP contribution in [0.3, 0.4) is 0 Å². The van der Waals surface area contributed by atoms with E-state index in [1.165, 1.54) is 10.3 Å². The van der Waals surface area contributed by atoms with Gasteiger partial charge >= 0.3 is 5.97 Å². The van der Waals surface area contributed by atoms with Crippen molar-refractivity contribution in [2.24, 2.45) is 0 Å². The highest BCUT2D eigenvalue weighted by Crippen LogP contribution is 2.15.